The summed E-state index contributed by atoms with van der Waals surface area (Å²) in [5.74, 6) is 0.740. The van der Waals surface area contributed by atoms with Crippen LogP contribution in [0.5, 0.6) is 5.75 Å². The van der Waals surface area contributed by atoms with Crippen LogP contribution in [-0.4, -0.2) is 25.7 Å². The molecule has 2 aromatic carbocycles. The van der Waals surface area contributed by atoms with Crippen LogP contribution in [0, 0.1) is 20.8 Å². The molecule has 0 aliphatic carbocycles. The van der Waals surface area contributed by atoms with Gasteiger partial charge in [0.1, 0.15) is 10.8 Å². The molecule has 0 radical (unpaired) electrons. The molecule has 0 amide bonds. The zero-order valence-electron chi connectivity index (χ0n) is 14.9. The Bertz CT molecular complexity index is 1020. The first-order chi connectivity index (χ1) is 12.3. The summed E-state index contributed by atoms with van der Waals surface area (Å²) >= 11 is 1.18. The largest absolute Gasteiger partial charge is 0.497 e. The van der Waals surface area contributed by atoms with Crippen LogP contribution in [0.15, 0.2) is 41.3 Å². The van der Waals surface area contributed by atoms with Gasteiger partial charge in [-0.05, 0) is 56.2 Å². The summed E-state index contributed by atoms with van der Waals surface area (Å²) in [6.07, 6.45) is 0. The van der Waals surface area contributed by atoms with E-state index in [2.05, 4.69) is 14.9 Å². The van der Waals surface area contributed by atoms with Crippen LogP contribution < -0.4 is 9.46 Å². The van der Waals surface area contributed by atoms with Crippen molar-refractivity contribution in [2.24, 2.45) is 0 Å². The van der Waals surface area contributed by atoms with Crippen molar-refractivity contribution in [3.8, 4) is 16.3 Å². The lowest BCUT2D eigenvalue weighted by atomic mass is 10.1. The van der Waals surface area contributed by atoms with Gasteiger partial charge in [-0.1, -0.05) is 29.0 Å². The summed E-state index contributed by atoms with van der Waals surface area (Å²) in [6, 6.07) is 11.0. The molecule has 0 aliphatic heterocycles. The summed E-state index contributed by atoms with van der Waals surface area (Å²) in [5.41, 5.74) is 3.28. The molecule has 6 nitrogen and oxygen atoms in total. The Morgan fingerprint density at radius 2 is 1.62 bits per heavy atom. The molecular formula is C18H19N3O3S2. The standard InChI is InChI=1S/C18H19N3O3S2/c1-11-9-12(2)16(13(3)10-11)26(22,23)21-18-20-19-17(25-18)14-5-7-15(24-4)8-6-14/h5-10H,1-4H3,(H,20,21). The molecule has 0 spiro atoms. The summed E-state index contributed by atoms with van der Waals surface area (Å²) < 4.78 is 33.3. The van der Waals surface area contributed by atoms with Crippen molar-refractivity contribution >= 4 is 26.5 Å². The number of ether oxygens (including phenoxy) is 1. The fourth-order valence-electron chi connectivity index (χ4n) is 2.87. The number of hydrogen-bond donors (Lipinski definition) is 1. The number of sulfonamides is 1. The van der Waals surface area contributed by atoms with Gasteiger partial charge < -0.3 is 4.74 Å². The van der Waals surface area contributed by atoms with Crippen LogP contribution in [0.4, 0.5) is 5.13 Å². The molecule has 0 fully saturated rings. The van der Waals surface area contributed by atoms with Crippen LogP contribution in [0.25, 0.3) is 10.6 Å². The van der Waals surface area contributed by atoms with E-state index in [1.165, 1.54) is 11.3 Å². The summed E-state index contributed by atoms with van der Waals surface area (Å²) in [4.78, 5) is 0.282. The van der Waals surface area contributed by atoms with Gasteiger partial charge in [0.15, 0.2) is 0 Å². The van der Waals surface area contributed by atoms with Gasteiger partial charge in [0.25, 0.3) is 10.0 Å². The molecule has 26 heavy (non-hydrogen) atoms. The quantitative estimate of drug-likeness (QED) is 0.715. The number of methoxy groups -OCH3 is 1. The minimum Gasteiger partial charge on any atom is -0.497 e. The van der Waals surface area contributed by atoms with Gasteiger partial charge in [0.05, 0.1) is 12.0 Å². The van der Waals surface area contributed by atoms with E-state index >= 15 is 0 Å². The van der Waals surface area contributed by atoms with Crippen molar-refractivity contribution in [1.29, 1.82) is 0 Å². The summed E-state index contributed by atoms with van der Waals surface area (Å²) in [6.45, 7) is 5.52. The second kappa shape index (κ2) is 7.05. The number of hydrogen-bond acceptors (Lipinski definition) is 6. The molecule has 0 aliphatic rings. The number of anilines is 1. The minimum absolute atomic E-state index is 0.232. The van der Waals surface area contributed by atoms with E-state index in [0.717, 1.165) is 16.9 Å². The zero-order chi connectivity index (χ0) is 18.9. The van der Waals surface area contributed by atoms with E-state index in [9.17, 15) is 8.42 Å². The summed E-state index contributed by atoms with van der Waals surface area (Å²) in [5, 5.41) is 8.91. The monoisotopic (exact) mass is 389 g/mol. The maximum absolute atomic E-state index is 12.8. The highest BCUT2D eigenvalue weighted by molar-refractivity contribution is 7.93. The predicted octanol–water partition coefficient (Wildman–Crippen LogP) is 3.94. The smallest absolute Gasteiger partial charge is 0.264 e. The zero-order valence-corrected chi connectivity index (χ0v) is 16.5. The predicted molar refractivity (Wildman–Crippen MR) is 103 cm³/mol. The minimum atomic E-state index is -3.73. The molecular weight excluding hydrogens is 370 g/mol. The molecule has 8 heteroatoms. The van der Waals surface area contributed by atoms with E-state index < -0.39 is 10.0 Å². The first kappa shape index (κ1) is 18.3. The Kier molecular flexibility index (Phi) is 4.97. The average Bonchev–Trinajstić information content (AvgIpc) is 3.01. The van der Waals surface area contributed by atoms with E-state index in [1.54, 1.807) is 21.0 Å². The Morgan fingerprint density at radius 1 is 1.00 bits per heavy atom. The first-order valence-corrected chi connectivity index (χ1v) is 10.2. The van der Waals surface area contributed by atoms with Crippen LogP contribution in [0.3, 0.4) is 0 Å². The van der Waals surface area contributed by atoms with Crippen LogP contribution in [-0.2, 0) is 10.0 Å². The fourth-order valence-corrected chi connectivity index (χ4v) is 5.31. The third-order valence-corrected chi connectivity index (χ3v) is 6.52. The molecule has 3 aromatic rings. The van der Waals surface area contributed by atoms with Gasteiger partial charge in [-0.15, -0.1) is 10.2 Å². The number of nitrogens with zero attached hydrogens (tertiary/aromatic N) is 2. The van der Waals surface area contributed by atoms with E-state index in [1.807, 2.05) is 43.3 Å². The lowest BCUT2D eigenvalue weighted by Gasteiger charge is -2.12. The highest BCUT2D eigenvalue weighted by atomic mass is 32.2. The lowest BCUT2D eigenvalue weighted by molar-refractivity contribution is 0.415. The second-order valence-electron chi connectivity index (χ2n) is 5.97. The van der Waals surface area contributed by atoms with Crippen molar-refractivity contribution in [3.63, 3.8) is 0 Å². The third-order valence-electron chi connectivity index (χ3n) is 3.86. The summed E-state index contributed by atoms with van der Waals surface area (Å²) in [7, 11) is -2.13. The first-order valence-electron chi connectivity index (χ1n) is 7.89. The molecule has 0 saturated carbocycles. The number of benzene rings is 2. The molecule has 0 unspecified atom stereocenters. The average molecular weight is 390 g/mol. The third kappa shape index (κ3) is 3.71. The van der Waals surface area contributed by atoms with Gasteiger partial charge in [0, 0.05) is 5.56 Å². The molecule has 136 valence electrons. The van der Waals surface area contributed by atoms with Crippen molar-refractivity contribution in [2.45, 2.75) is 25.7 Å². The van der Waals surface area contributed by atoms with E-state index in [4.69, 9.17) is 4.74 Å². The highest BCUT2D eigenvalue weighted by Gasteiger charge is 2.22. The topological polar surface area (TPSA) is 81.2 Å². The van der Waals surface area contributed by atoms with E-state index in [-0.39, 0.29) is 10.0 Å². The van der Waals surface area contributed by atoms with E-state index in [0.29, 0.717) is 16.1 Å². The molecule has 0 bridgehead atoms. The lowest BCUT2D eigenvalue weighted by Crippen LogP contribution is -2.15. The Hall–Kier alpha value is -2.45. The molecule has 3 rings (SSSR count). The van der Waals surface area contributed by atoms with Crippen LogP contribution >= 0.6 is 11.3 Å². The SMILES string of the molecule is COc1ccc(-c2nnc(NS(=O)(=O)c3c(C)cc(C)cc3C)s2)cc1. The van der Waals surface area contributed by atoms with Gasteiger partial charge in [-0.3, -0.25) is 4.72 Å². The number of nitrogens with one attached hydrogen (secondary N) is 1. The fraction of sp³-hybridized carbons (Fsp3) is 0.222. The van der Waals surface area contributed by atoms with Gasteiger partial charge in [-0.2, -0.15) is 0 Å². The normalized spacial score (nSPS) is 11.4. The van der Waals surface area contributed by atoms with Crippen LogP contribution in [0.2, 0.25) is 0 Å². The second-order valence-corrected chi connectivity index (χ2v) is 8.57. The number of aromatic nitrogens is 2. The van der Waals surface area contributed by atoms with Gasteiger partial charge in [0.2, 0.25) is 5.13 Å². The maximum atomic E-state index is 12.8. The van der Waals surface area contributed by atoms with Gasteiger partial charge in [-0.25, -0.2) is 8.42 Å². The van der Waals surface area contributed by atoms with Gasteiger partial charge >= 0.3 is 0 Å². The molecule has 0 atom stereocenters. The highest BCUT2D eigenvalue weighted by Crippen LogP contribution is 2.30. The van der Waals surface area contributed by atoms with Crippen LogP contribution in [0.1, 0.15) is 16.7 Å². The molecule has 0 saturated heterocycles. The molecule has 1 heterocycles. The van der Waals surface area contributed by atoms with Crippen molar-refractivity contribution in [1.82, 2.24) is 10.2 Å². The van der Waals surface area contributed by atoms with Crippen molar-refractivity contribution in [3.05, 3.63) is 53.1 Å². The maximum Gasteiger partial charge on any atom is 0.264 e. The molecule has 1 aromatic heterocycles. The van der Waals surface area contributed by atoms with Crippen molar-refractivity contribution < 1.29 is 13.2 Å². The Labute approximate surface area is 156 Å². The number of rotatable bonds is 5. The Balaban J connectivity index is 1.88. The number of aryl methyl sites for hydroxylation is 3. The van der Waals surface area contributed by atoms with Crippen molar-refractivity contribution in [2.75, 3.05) is 11.8 Å². The Morgan fingerprint density at radius 3 is 2.19 bits per heavy atom. The molecule has 1 N–H and O–H groups in total.